The molecule has 0 fully saturated rings. The van der Waals surface area contributed by atoms with Crippen LogP contribution in [0.3, 0.4) is 0 Å². The molecule has 27 heavy (non-hydrogen) atoms. The fourth-order valence-electron chi connectivity index (χ4n) is 4.06. The normalized spacial score (nSPS) is 11.9. The van der Waals surface area contributed by atoms with Crippen LogP contribution in [0.5, 0.6) is 0 Å². The number of aromatic nitrogens is 1. The van der Waals surface area contributed by atoms with E-state index in [4.69, 9.17) is 0 Å². The molecule has 0 saturated heterocycles. The van der Waals surface area contributed by atoms with Gasteiger partial charge in [0.05, 0.1) is 11.0 Å². The van der Waals surface area contributed by atoms with Crippen molar-refractivity contribution >= 4 is 69.2 Å². The average molecular weight is 428 g/mol. The molecule has 0 spiro atoms. The number of fused-ring (bicyclic) bond motifs is 6. The van der Waals surface area contributed by atoms with Crippen LogP contribution in [0.15, 0.2) is 89.4 Å². The molecule has 2 aromatic heterocycles. The second kappa shape index (κ2) is 5.69. The molecule has 0 aliphatic rings. The van der Waals surface area contributed by atoms with E-state index in [1.165, 1.54) is 47.7 Å². The minimum atomic E-state index is 1.10. The second-order valence-corrected chi connectivity index (χ2v) is 8.80. The Morgan fingerprint density at radius 2 is 1.37 bits per heavy atom. The van der Waals surface area contributed by atoms with E-state index < -0.39 is 0 Å². The third-order valence-electron chi connectivity index (χ3n) is 5.24. The zero-order valence-electron chi connectivity index (χ0n) is 14.3. The number of hydrogen-bond donors (Lipinski definition) is 0. The Morgan fingerprint density at radius 3 is 2.26 bits per heavy atom. The summed E-state index contributed by atoms with van der Waals surface area (Å²) in [5.74, 6) is 0. The lowest BCUT2D eigenvalue weighted by atomic mass is 10.1. The van der Waals surface area contributed by atoms with Gasteiger partial charge in [0.25, 0.3) is 0 Å². The number of nitrogens with zero attached hydrogens (tertiary/aromatic N) is 1. The largest absolute Gasteiger partial charge is 0.309 e. The van der Waals surface area contributed by atoms with E-state index in [0.29, 0.717) is 0 Å². The maximum atomic E-state index is 3.65. The zero-order valence-corrected chi connectivity index (χ0v) is 16.7. The Balaban J connectivity index is 1.85. The average Bonchev–Trinajstić information content (AvgIpc) is 3.21. The van der Waals surface area contributed by atoms with E-state index in [1.54, 1.807) is 0 Å². The van der Waals surface area contributed by atoms with Crippen molar-refractivity contribution in [3.8, 4) is 5.69 Å². The van der Waals surface area contributed by atoms with Crippen LogP contribution in [-0.2, 0) is 0 Å². The van der Waals surface area contributed by atoms with Crippen molar-refractivity contribution in [2.75, 3.05) is 0 Å². The molecule has 0 bridgehead atoms. The van der Waals surface area contributed by atoms with Crippen molar-refractivity contribution in [1.29, 1.82) is 0 Å². The quantitative estimate of drug-likeness (QED) is 0.251. The van der Waals surface area contributed by atoms with Gasteiger partial charge in [0.1, 0.15) is 0 Å². The summed E-state index contributed by atoms with van der Waals surface area (Å²) >= 11 is 5.52. The van der Waals surface area contributed by atoms with E-state index >= 15 is 0 Å². The molecule has 0 amide bonds. The van der Waals surface area contributed by atoms with Crippen molar-refractivity contribution in [3.05, 3.63) is 89.4 Å². The SMILES string of the molecule is Brc1ccc2c3cc4c(cc3n(-c3ccccc3)c2c1)sc1ccccc14. The van der Waals surface area contributed by atoms with Gasteiger partial charge in [0, 0.05) is 41.1 Å². The smallest absolute Gasteiger partial charge is 0.0555 e. The Morgan fingerprint density at radius 1 is 0.593 bits per heavy atom. The van der Waals surface area contributed by atoms with Crippen LogP contribution >= 0.6 is 27.3 Å². The van der Waals surface area contributed by atoms with Crippen LogP contribution in [-0.4, -0.2) is 4.57 Å². The molecule has 3 heteroatoms. The van der Waals surface area contributed by atoms with Crippen molar-refractivity contribution in [3.63, 3.8) is 0 Å². The van der Waals surface area contributed by atoms with Crippen molar-refractivity contribution in [2.45, 2.75) is 0 Å². The first-order valence-corrected chi connectivity index (χ1v) is 10.5. The van der Waals surface area contributed by atoms with Crippen LogP contribution in [0, 0.1) is 0 Å². The molecule has 1 nitrogen and oxygen atoms in total. The van der Waals surface area contributed by atoms with Gasteiger partial charge in [-0.2, -0.15) is 0 Å². The minimum absolute atomic E-state index is 1.10. The molecule has 4 aromatic carbocycles. The van der Waals surface area contributed by atoms with Gasteiger partial charge in [-0.15, -0.1) is 11.3 Å². The van der Waals surface area contributed by atoms with E-state index in [-0.39, 0.29) is 0 Å². The molecule has 0 aliphatic heterocycles. The molecule has 0 radical (unpaired) electrons. The highest BCUT2D eigenvalue weighted by Gasteiger charge is 2.15. The molecule has 0 aliphatic carbocycles. The Labute approximate surface area is 168 Å². The third kappa shape index (κ3) is 2.22. The van der Waals surface area contributed by atoms with E-state index in [9.17, 15) is 0 Å². The van der Waals surface area contributed by atoms with E-state index in [1.807, 2.05) is 11.3 Å². The molecular formula is C24H14BrNS. The van der Waals surface area contributed by atoms with Crippen LogP contribution in [0.4, 0.5) is 0 Å². The minimum Gasteiger partial charge on any atom is -0.309 e. The number of para-hydroxylation sites is 1. The summed E-state index contributed by atoms with van der Waals surface area (Å²) in [6.45, 7) is 0. The monoisotopic (exact) mass is 427 g/mol. The number of thiophene rings is 1. The van der Waals surface area contributed by atoms with Crippen LogP contribution in [0.2, 0.25) is 0 Å². The number of rotatable bonds is 1. The summed E-state index contributed by atoms with van der Waals surface area (Å²) in [7, 11) is 0. The molecule has 0 unspecified atom stereocenters. The first-order chi connectivity index (χ1) is 13.3. The Bertz CT molecular complexity index is 1470. The summed E-state index contributed by atoms with van der Waals surface area (Å²) in [6.07, 6.45) is 0. The lowest BCUT2D eigenvalue weighted by Crippen LogP contribution is -1.92. The van der Waals surface area contributed by atoms with E-state index in [0.717, 1.165) is 4.47 Å². The van der Waals surface area contributed by atoms with Gasteiger partial charge in [0.15, 0.2) is 0 Å². The van der Waals surface area contributed by atoms with Crippen LogP contribution in [0.1, 0.15) is 0 Å². The van der Waals surface area contributed by atoms with Gasteiger partial charge in [-0.05, 0) is 42.5 Å². The van der Waals surface area contributed by atoms with Crippen molar-refractivity contribution < 1.29 is 0 Å². The highest BCUT2D eigenvalue weighted by Crippen LogP contribution is 2.40. The summed E-state index contributed by atoms with van der Waals surface area (Å²) in [5, 5.41) is 5.28. The summed E-state index contributed by atoms with van der Waals surface area (Å²) in [5.41, 5.74) is 3.68. The lowest BCUT2D eigenvalue weighted by molar-refractivity contribution is 1.18. The van der Waals surface area contributed by atoms with Gasteiger partial charge in [-0.3, -0.25) is 0 Å². The van der Waals surface area contributed by atoms with Gasteiger partial charge in [-0.1, -0.05) is 58.4 Å². The standard InChI is InChI=1S/C24H14BrNS/c25-15-10-11-17-19-13-20-18-8-4-5-9-23(18)27-24(20)14-22(19)26(21(17)12-15)16-6-2-1-3-7-16/h1-14H. The van der Waals surface area contributed by atoms with Gasteiger partial charge >= 0.3 is 0 Å². The Hall–Kier alpha value is -2.62. The highest BCUT2D eigenvalue weighted by molar-refractivity contribution is 9.10. The first-order valence-electron chi connectivity index (χ1n) is 8.90. The molecule has 0 saturated carbocycles. The lowest BCUT2D eigenvalue weighted by Gasteiger charge is -2.07. The van der Waals surface area contributed by atoms with Gasteiger partial charge < -0.3 is 4.57 Å². The number of benzene rings is 4. The molecule has 0 atom stereocenters. The summed E-state index contributed by atoms with van der Waals surface area (Å²) < 4.78 is 6.16. The van der Waals surface area contributed by atoms with Crippen molar-refractivity contribution in [2.24, 2.45) is 0 Å². The fraction of sp³-hybridized carbons (Fsp3) is 0. The molecule has 6 rings (SSSR count). The second-order valence-electron chi connectivity index (χ2n) is 6.80. The van der Waals surface area contributed by atoms with Gasteiger partial charge in [0.2, 0.25) is 0 Å². The third-order valence-corrected chi connectivity index (χ3v) is 6.87. The fourth-order valence-corrected chi connectivity index (χ4v) is 5.53. The van der Waals surface area contributed by atoms with Crippen LogP contribution < -0.4 is 0 Å². The van der Waals surface area contributed by atoms with E-state index in [2.05, 4.69) is 105 Å². The molecule has 0 N–H and O–H groups in total. The predicted octanol–water partition coefficient (Wildman–Crippen LogP) is 7.91. The molecule has 6 aromatic rings. The first kappa shape index (κ1) is 15.4. The maximum absolute atomic E-state index is 3.65. The zero-order chi connectivity index (χ0) is 18.0. The molecule has 2 heterocycles. The molecular weight excluding hydrogens is 414 g/mol. The van der Waals surface area contributed by atoms with Gasteiger partial charge in [-0.25, -0.2) is 0 Å². The number of halogens is 1. The summed E-state index contributed by atoms with van der Waals surface area (Å²) in [6, 6.07) is 30.6. The van der Waals surface area contributed by atoms with Crippen LogP contribution in [0.25, 0.3) is 47.7 Å². The topological polar surface area (TPSA) is 4.93 Å². The highest BCUT2D eigenvalue weighted by atomic mass is 79.9. The molecule has 128 valence electrons. The predicted molar refractivity (Wildman–Crippen MR) is 121 cm³/mol. The summed E-state index contributed by atoms with van der Waals surface area (Å²) in [4.78, 5) is 0. The number of hydrogen-bond acceptors (Lipinski definition) is 1. The Kier molecular flexibility index (Phi) is 3.25. The maximum Gasteiger partial charge on any atom is 0.0555 e. The van der Waals surface area contributed by atoms with Crippen molar-refractivity contribution in [1.82, 2.24) is 4.57 Å².